The van der Waals surface area contributed by atoms with Crippen molar-refractivity contribution >= 4 is 101 Å². The number of anilines is 6. The van der Waals surface area contributed by atoms with Gasteiger partial charge in [-0.15, -0.1) is 0 Å². The summed E-state index contributed by atoms with van der Waals surface area (Å²) in [5.74, 6) is 0. The Labute approximate surface area is 407 Å². The van der Waals surface area contributed by atoms with Crippen molar-refractivity contribution < 1.29 is 8.83 Å². The van der Waals surface area contributed by atoms with Gasteiger partial charge in [0.25, 0.3) is 6.71 Å². The first-order valence-corrected chi connectivity index (χ1v) is 24.8. The van der Waals surface area contributed by atoms with Crippen molar-refractivity contribution in [2.24, 2.45) is 0 Å². The summed E-state index contributed by atoms with van der Waals surface area (Å²) in [7, 11) is 0. The van der Waals surface area contributed by atoms with Crippen LogP contribution >= 0.6 is 0 Å². The first-order valence-electron chi connectivity index (χ1n) is 24.8. The largest absolute Gasteiger partial charge is 0.456 e. The first kappa shape index (κ1) is 43.3. The summed E-state index contributed by atoms with van der Waals surface area (Å²) < 4.78 is 13.4. The average Bonchev–Trinajstić information content (AvgIpc) is 3.88. The highest BCUT2D eigenvalue weighted by atomic mass is 16.3. The van der Waals surface area contributed by atoms with Crippen LogP contribution < -0.4 is 26.2 Å². The van der Waals surface area contributed by atoms with E-state index >= 15 is 0 Å². The van der Waals surface area contributed by atoms with Gasteiger partial charge in [-0.1, -0.05) is 168 Å². The van der Waals surface area contributed by atoms with E-state index < -0.39 is 0 Å². The quantitative estimate of drug-likeness (QED) is 0.165. The van der Waals surface area contributed by atoms with Crippen LogP contribution in [0.2, 0.25) is 0 Å². The van der Waals surface area contributed by atoms with Gasteiger partial charge in [0.05, 0.1) is 0 Å². The fourth-order valence-corrected chi connectivity index (χ4v) is 11.1. The topological polar surface area (TPSA) is 32.8 Å². The van der Waals surface area contributed by atoms with Crippen molar-refractivity contribution in [1.82, 2.24) is 0 Å². The molecule has 69 heavy (non-hydrogen) atoms. The fourth-order valence-electron chi connectivity index (χ4n) is 11.1. The SMILES string of the molecule is CC(C)(C)c1ccc2c(c1)B1c3ccc(C(C)(C)C)cc3N(c3ccc(-c4cccc5c4oc4ccccc45)cc3)c3cc(C(C)(C)C)cc(c31)N2c1ccc2c(c1)oc1cc(C(C)(C)C)ccc12. The lowest BCUT2D eigenvalue weighted by Gasteiger charge is -2.45. The van der Waals surface area contributed by atoms with Crippen molar-refractivity contribution in [3.8, 4) is 11.1 Å². The van der Waals surface area contributed by atoms with E-state index in [4.69, 9.17) is 8.83 Å². The maximum Gasteiger partial charge on any atom is 0.252 e. The Morgan fingerprint density at radius 1 is 0.362 bits per heavy atom. The molecule has 0 aliphatic carbocycles. The normalized spacial score (nSPS) is 14.0. The second-order valence-electron chi connectivity index (χ2n) is 23.9. The molecule has 4 heterocycles. The van der Waals surface area contributed by atoms with Gasteiger partial charge in [-0.05, 0) is 127 Å². The second kappa shape index (κ2) is 14.8. The van der Waals surface area contributed by atoms with Crippen LogP contribution in [-0.4, -0.2) is 6.71 Å². The van der Waals surface area contributed by atoms with E-state index in [1.54, 1.807) is 0 Å². The molecular weight excluding hydrogens is 840 g/mol. The molecule has 2 aliphatic rings. The smallest absolute Gasteiger partial charge is 0.252 e. The highest BCUT2D eigenvalue weighted by Crippen LogP contribution is 2.48. The van der Waals surface area contributed by atoms with E-state index in [0.717, 1.165) is 66.4 Å². The molecule has 0 N–H and O–H groups in total. The highest BCUT2D eigenvalue weighted by Gasteiger charge is 2.45. The van der Waals surface area contributed by atoms with E-state index in [1.165, 1.54) is 61.4 Å². The predicted octanol–water partition coefficient (Wildman–Crippen LogP) is 16.4. The van der Waals surface area contributed by atoms with Gasteiger partial charge in [-0.3, -0.25) is 0 Å². The van der Waals surface area contributed by atoms with Crippen LogP contribution in [0.4, 0.5) is 34.1 Å². The number of benzene rings is 8. The van der Waals surface area contributed by atoms with Crippen LogP contribution in [0.25, 0.3) is 55.0 Å². The summed E-state index contributed by atoms with van der Waals surface area (Å²) >= 11 is 0. The zero-order valence-corrected chi connectivity index (χ0v) is 42.2. The molecule has 0 fully saturated rings. The van der Waals surface area contributed by atoms with E-state index in [2.05, 4.69) is 238 Å². The van der Waals surface area contributed by atoms with Gasteiger partial charge in [0.15, 0.2) is 0 Å². The minimum Gasteiger partial charge on any atom is -0.456 e. The summed E-state index contributed by atoms with van der Waals surface area (Å²) in [6.07, 6.45) is 0. The molecular formula is C64H61BN2O2. The summed E-state index contributed by atoms with van der Waals surface area (Å²) in [6.45, 7) is 27.8. The van der Waals surface area contributed by atoms with Gasteiger partial charge in [-0.2, -0.15) is 0 Å². The Bertz CT molecular complexity index is 3730. The van der Waals surface area contributed by atoms with Gasteiger partial charge >= 0.3 is 0 Å². The van der Waals surface area contributed by atoms with Crippen molar-refractivity contribution in [3.05, 3.63) is 174 Å². The van der Waals surface area contributed by atoms with Gasteiger partial charge in [0, 0.05) is 67.3 Å². The molecule has 2 aliphatic heterocycles. The molecule has 0 spiro atoms. The third-order valence-corrected chi connectivity index (χ3v) is 15.1. The minimum atomic E-state index is -0.148. The summed E-state index contributed by atoms with van der Waals surface area (Å²) in [5, 5.41) is 4.55. The third-order valence-electron chi connectivity index (χ3n) is 15.1. The molecule has 0 bridgehead atoms. The number of nitrogens with zero attached hydrogens (tertiary/aromatic N) is 2. The third kappa shape index (κ3) is 6.86. The molecule has 8 aromatic carbocycles. The lowest BCUT2D eigenvalue weighted by Crippen LogP contribution is -2.61. The average molecular weight is 901 g/mol. The molecule has 0 radical (unpaired) electrons. The van der Waals surface area contributed by atoms with Crippen LogP contribution in [0, 0.1) is 0 Å². The van der Waals surface area contributed by atoms with E-state index in [9.17, 15) is 0 Å². The molecule has 342 valence electrons. The minimum absolute atomic E-state index is 0.00597. The zero-order valence-electron chi connectivity index (χ0n) is 42.2. The van der Waals surface area contributed by atoms with Gasteiger partial charge < -0.3 is 18.6 Å². The van der Waals surface area contributed by atoms with Crippen LogP contribution in [0.5, 0.6) is 0 Å². The van der Waals surface area contributed by atoms with Crippen molar-refractivity contribution in [3.63, 3.8) is 0 Å². The lowest BCUT2D eigenvalue weighted by atomic mass is 9.33. The Kier molecular flexibility index (Phi) is 9.27. The number of hydrogen-bond acceptors (Lipinski definition) is 4. The van der Waals surface area contributed by atoms with Crippen LogP contribution in [-0.2, 0) is 21.7 Å². The number of furan rings is 2. The lowest BCUT2D eigenvalue weighted by molar-refractivity contribution is 0.587. The number of fused-ring (bicyclic) bond motifs is 10. The molecule has 5 heteroatoms. The number of rotatable bonds is 3. The van der Waals surface area contributed by atoms with Crippen molar-refractivity contribution in [2.75, 3.05) is 9.80 Å². The zero-order chi connectivity index (χ0) is 48.1. The van der Waals surface area contributed by atoms with E-state index in [1.807, 2.05) is 6.07 Å². The van der Waals surface area contributed by atoms with Gasteiger partial charge in [-0.25, -0.2) is 0 Å². The first-order chi connectivity index (χ1) is 32.7. The van der Waals surface area contributed by atoms with Crippen LogP contribution in [0.3, 0.4) is 0 Å². The van der Waals surface area contributed by atoms with Crippen molar-refractivity contribution in [2.45, 2.75) is 105 Å². The highest BCUT2D eigenvalue weighted by molar-refractivity contribution is 7.00. The molecule has 2 aromatic heterocycles. The summed E-state index contributed by atoms with van der Waals surface area (Å²) in [5.41, 5.74) is 21.8. The summed E-state index contributed by atoms with van der Waals surface area (Å²) in [6, 6.07) is 57.1. The Balaban J connectivity index is 1.11. The second-order valence-corrected chi connectivity index (χ2v) is 23.9. The molecule has 0 amide bonds. The van der Waals surface area contributed by atoms with Gasteiger partial charge in [0.2, 0.25) is 0 Å². The Morgan fingerprint density at radius 3 is 1.59 bits per heavy atom. The predicted molar refractivity (Wildman–Crippen MR) is 295 cm³/mol. The fraction of sp³-hybridized carbons (Fsp3) is 0.250. The molecule has 10 aromatic rings. The van der Waals surface area contributed by atoms with Crippen molar-refractivity contribution in [1.29, 1.82) is 0 Å². The molecule has 12 rings (SSSR count). The molecule has 0 saturated carbocycles. The Morgan fingerprint density at radius 2 is 0.899 bits per heavy atom. The van der Waals surface area contributed by atoms with Crippen LogP contribution in [0.15, 0.2) is 160 Å². The Hall–Kier alpha value is -6.98. The molecule has 0 saturated heterocycles. The van der Waals surface area contributed by atoms with E-state index in [-0.39, 0.29) is 28.4 Å². The van der Waals surface area contributed by atoms with E-state index in [0.29, 0.717) is 0 Å². The number of para-hydroxylation sites is 2. The maximum absolute atomic E-state index is 6.81. The number of hydrogen-bond donors (Lipinski definition) is 0. The molecule has 4 nitrogen and oxygen atoms in total. The summed E-state index contributed by atoms with van der Waals surface area (Å²) in [4.78, 5) is 5.09. The van der Waals surface area contributed by atoms with Crippen LogP contribution in [0.1, 0.15) is 105 Å². The van der Waals surface area contributed by atoms with Gasteiger partial charge in [0.1, 0.15) is 22.3 Å². The molecule has 0 unspecified atom stereocenters. The molecule has 0 atom stereocenters. The monoisotopic (exact) mass is 900 g/mol. The standard InChI is InChI=1S/C64H61BN2O2/c1-61(2,3)39-24-31-52-51(32-39)65-50-30-23-40(62(4,5)6)33-53(50)66(43-25-20-38(21-26-43)45-17-15-18-49-46-16-13-14-19-56(46)69-60(45)49)54-34-42(64(10,11)12)35-55(59(54)65)67(52)44-27-29-48-47-28-22-41(63(7,8)9)36-57(47)68-58(48)37-44/h13-37H,1-12H3. The maximum atomic E-state index is 6.81.